The van der Waals surface area contributed by atoms with Gasteiger partial charge in [0.15, 0.2) is 0 Å². The number of carbonyl (C=O) groups excluding carboxylic acids is 1. The summed E-state index contributed by atoms with van der Waals surface area (Å²) in [6, 6.07) is 8.56. The van der Waals surface area contributed by atoms with Crippen molar-refractivity contribution in [2.75, 3.05) is 26.0 Å². The van der Waals surface area contributed by atoms with Gasteiger partial charge in [0, 0.05) is 18.5 Å². The lowest BCUT2D eigenvalue weighted by Crippen LogP contribution is -2.36. The molecule has 1 aliphatic rings. The van der Waals surface area contributed by atoms with Crippen LogP contribution >= 0.6 is 0 Å². The highest BCUT2D eigenvalue weighted by atomic mass is 32.2. The standard InChI is InChI=1S/C24H25F6NO4S/c1-16-3-5-18(6-4-16)22(8-10-35-36(2,33)34)7-9-31(15-22)21(32)13-17-11-19(23(25,26)27)14-20(12-17)24(28,29)30/h3-6,11-12,14H,7-10,13,15H2,1-2H3. The van der Waals surface area contributed by atoms with Crippen molar-refractivity contribution in [2.45, 2.75) is 44.0 Å². The molecule has 1 saturated heterocycles. The van der Waals surface area contributed by atoms with Crippen LogP contribution in [0, 0.1) is 6.92 Å². The van der Waals surface area contributed by atoms with E-state index in [9.17, 15) is 39.6 Å². The van der Waals surface area contributed by atoms with Gasteiger partial charge in [-0.05, 0) is 49.1 Å². The molecule has 1 unspecified atom stereocenters. The summed E-state index contributed by atoms with van der Waals surface area (Å²) in [5, 5.41) is 0. The fourth-order valence-electron chi connectivity index (χ4n) is 4.37. The number of rotatable bonds is 7. The molecule has 2 aromatic carbocycles. The lowest BCUT2D eigenvalue weighted by atomic mass is 9.77. The summed E-state index contributed by atoms with van der Waals surface area (Å²) in [5.74, 6) is -0.625. The van der Waals surface area contributed by atoms with E-state index in [0.717, 1.165) is 17.4 Å². The number of hydrogen-bond acceptors (Lipinski definition) is 4. The summed E-state index contributed by atoms with van der Waals surface area (Å²) in [7, 11) is -3.70. The molecule has 12 heteroatoms. The molecule has 0 N–H and O–H groups in total. The maximum atomic E-state index is 13.2. The van der Waals surface area contributed by atoms with Gasteiger partial charge in [-0.2, -0.15) is 34.8 Å². The summed E-state index contributed by atoms with van der Waals surface area (Å²) in [5.41, 5.74) is -2.22. The van der Waals surface area contributed by atoms with Gasteiger partial charge in [0.1, 0.15) is 0 Å². The molecule has 36 heavy (non-hydrogen) atoms. The summed E-state index contributed by atoms with van der Waals surface area (Å²) in [6.45, 7) is 2.07. The zero-order chi connectivity index (χ0) is 26.9. The molecule has 5 nitrogen and oxygen atoms in total. The molecule has 0 bridgehead atoms. The van der Waals surface area contributed by atoms with Crippen LogP contribution in [0.1, 0.15) is 40.7 Å². The fourth-order valence-corrected chi connectivity index (χ4v) is 4.76. The van der Waals surface area contributed by atoms with E-state index in [2.05, 4.69) is 0 Å². The third-order valence-electron chi connectivity index (χ3n) is 6.25. The monoisotopic (exact) mass is 537 g/mol. The number of alkyl halides is 6. The maximum absolute atomic E-state index is 13.2. The molecule has 3 rings (SSSR count). The Morgan fingerprint density at radius 3 is 2.06 bits per heavy atom. The summed E-state index contributed by atoms with van der Waals surface area (Å²) in [6.07, 6.45) is -9.07. The highest BCUT2D eigenvalue weighted by Gasteiger charge is 2.42. The summed E-state index contributed by atoms with van der Waals surface area (Å²) >= 11 is 0. The zero-order valence-corrected chi connectivity index (χ0v) is 20.4. The van der Waals surface area contributed by atoms with Gasteiger partial charge in [0.05, 0.1) is 30.4 Å². The average Bonchev–Trinajstić information content (AvgIpc) is 3.17. The van der Waals surface area contributed by atoms with Gasteiger partial charge < -0.3 is 4.90 Å². The Hall–Kier alpha value is -2.60. The van der Waals surface area contributed by atoms with E-state index in [0.29, 0.717) is 18.6 Å². The van der Waals surface area contributed by atoms with Crippen molar-refractivity contribution in [2.24, 2.45) is 0 Å². The van der Waals surface area contributed by atoms with Crippen molar-refractivity contribution in [3.05, 3.63) is 70.3 Å². The molecule has 0 aromatic heterocycles. The predicted molar refractivity (Wildman–Crippen MR) is 120 cm³/mol. The molecular formula is C24H25F6NO4S. The Kier molecular flexibility index (Phi) is 7.81. The highest BCUT2D eigenvalue weighted by Crippen LogP contribution is 2.39. The molecule has 0 radical (unpaired) electrons. The smallest absolute Gasteiger partial charge is 0.341 e. The van der Waals surface area contributed by atoms with Crippen molar-refractivity contribution >= 4 is 16.0 Å². The molecule has 1 fully saturated rings. The van der Waals surface area contributed by atoms with Crippen LogP contribution in [0.15, 0.2) is 42.5 Å². The molecular weight excluding hydrogens is 512 g/mol. The first-order valence-corrected chi connectivity index (χ1v) is 12.8. The minimum absolute atomic E-state index is 0.0219. The van der Waals surface area contributed by atoms with Crippen LogP contribution in [0.3, 0.4) is 0 Å². The van der Waals surface area contributed by atoms with Crippen molar-refractivity contribution < 1.29 is 43.7 Å². The van der Waals surface area contributed by atoms with E-state index in [-0.39, 0.29) is 32.2 Å². The van der Waals surface area contributed by atoms with E-state index < -0.39 is 56.9 Å². The van der Waals surface area contributed by atoms with Crippen molar-refractivity contribution in [1.29, 1.82) is 0 Å². The van der Waals surface area contributed by atoms with Crippen LogP contribution in [0.2, 0.25) is 0 Å². The van der Waals surface area contributed by atoms with Crippen LogP contribution < -0.4 is 0 Å². The van der Waals surface area contributed by atoms with Crippen molar-refractivity contribution in [1.82, 2.24) is 4.90 Å². The van der Waals surface area contributed by atoms with Crippen molar-refractivity contribution in [3.8, 4) is 0 Å². The molecule has 1 aliphatic heterocycles. The number of amides is 1. The second-order valence-corrected chi connectivity index (χ2v) is 10.7. The van der Waals surface area contributed by atoms with Crippen molar-refractivity contribution in [3.63, 3.8) is 0 Å². The summed E-state index contributed by atoms with van der Waals surface area (Å²) in [4.78, 5) is 14.4. The topological polar surface area (TPSA) is 63.7 Å². The minimum atomic E-state index is -5.01. The summed E-state index contributed by atoms with van der Waals surface area (Å²) < 4.78 is 107. The Bertz CT molecular complexity index is 1180. The van der Waals surface area contributed by atoms with Gasteiger partial charge in [-0.3, -0.25) is 8.98 Å². The van der Waals surface area contributed by atoms with Gasteiger partial charge >= 0.3 is 12.4 Å². The Morgan fingerprint density at radius 2 is 1.56 bits per heavy atom. The number of likely N-dealkylation sites (tertiary alicyclic amines) is 1. The van der Waals surface area contributed by atoms with Gasteiger partial charge in [-0.1, -0.05) is 29.8 Å². The lowest BCUT2D eigenvalue weighted by molar-refractivity contribution is -0.143. The molecule has 0 spiro atoms. The van der Waals surface area contributed by atoms with Crippen LogP contribution in [-0.2, 0) is 43.3 Å². The van der Waals surface area contributed by atoms with Crippen LogP contribution in [0.5, 0.6) is 0 Å². The zero-order valence-electron chi connectivity index (χ0n) is 19.5. The number of halogens is 6. The lowest BCUT2D eigenvalue weighted by Gasteiger charge is -2.30. The third kappa shape index (κ3) is 7.00. The molecule has 0 saturated carbocycles. The van der Waals surface area contributed by atoms with Gasteiger partial charge in [0.2, 0.25) is 5.91 Å². The number of benzene rings is 2. The van der Waals surface area contributed by atoms with Crippen LogP contribution in [-0.4, -0.2) is 45.2 Å². The van der Waals surface area contributed by atoms with Gasteiger partial charge in [-0.25, -0.2) is 0 Å². The maximum Gasteiger partial charge on any atom is 0.416 e. The average molecular weight is 538 g/mol. The predicted octanol–water partition coefficient (Wildman–Crippen LogP) is 5.11. The molecule has 1 atom stereocenters. The molecule has 198 valence electrons. The van der Waals surface area contributed by atoms with E-state index in [1.54, 1.807) is 0 Å². The van der Waals surface area contributed by atoms with Crippen LogP contribution in [0.4, 0.5) is 26.3 Å². The SMILES string of the molecule is Cc1ccc(C2(CCOS(C)(=O)=O)CCN(C(=O)Cc3cc(C(F)(F)F)cc(C(F)(F)F)c3)C2)cc1. The molecule has 1 amide bonds. The minimum Gasteiger partial charge on any atom is -0.341 e. The Morgan fingerprint density at radius 1 is 1.00 bits per heavy atom. The Balaban J connectivity index is 1.85. The van der Waals surface area contributed by atoms with E-state index in [4.69, 9.17) is 4.18 Å². The van der Waals surface area contributed by atoms with E-state index in [1.165, 1.54) is 4.90 Å². The first kappa shape index (κ1) is 28.0. The number of hydrogen-bond donors (Lipinski definition) is 0. The van der Waals surface area contributed by atoms with E-state index >= 15 is 0 Å². The van der Waals surface area contributed by atoms with Crippen LogP contribution in [0.25, 0.3) is 0 Å². The largest absolute Gasteiger partial charge is 0.416 e. The first-order valence-electron chi connectivity index (χ1n) is 11.0. The van der Waals surface area contributed by atoms with Gasteiger partial charge in [0.25, 0.3) is 10.1 Å². The normalized spacial score (nSPS) is 19.1. The first-order chi connectivity index (χ1) is 16.5. The number of aryl methyl sites for hydroxylation is 1. The number of carbonyl (C=O) groups is 1. The highest BCUT2D eigenvalue weighted by molar-refractivity contribution is 7.85. The molecule has 1 heterocycles. The third-order valence-corrected chi connectivity index (χ3v) is 6.85. The van der Waals surface area contributed by atoms with Gasteiger partial charge in [-0.15, -0.1) is 0 Å². The Labute approximate surface area is 205 Å². The quantitative estimate of drug-likeness (QED) is 0.364. The number of nitrogens with zero attached hydrogens (tertiary/aromatic N) is 1. The molecule has 0 aliphatic carbocycles. The second-order valence-electron chi connectivity index (χ2n) is 9.08. The second kappa shape index (κ2) is 10.0. The molecule has 2 aromatic rings. The van der Waals surface area contributed by atoms with E-state index in [1.807, 2.05) is 31.2 Å². The fraction of sp³-hybridized carbons (Fsp3) is 0.458.